The predicted molar refractivity (Wildman–Crippen MR) is 234 cm³/mol. The summed E-state index contributed by atoms with van der Waals surface area (Å²) in [5, 5.41) is 2.83. The average Bonchev–Trinajstić information content (AvgIpc) is 3.18. The number of phosphoric acid groups is 1. The van der Waals surface area contributed by atoms with Gasteiger partial charge >= 0.3 is 19.8 Å². The van der Waals surface area contributed by atoms with Gasteiger partial charge in [0.15, 0.2) is 6.10 Å². The van der Waals surface area contributed by atoms with Crippen molar-refractivity contribution in [3.8, 4) is 0 Å². The van der Waals surface area contributed by atoms with E-state index in [4.69, 9.17) is 18.5 Å². The first-order valence-corrected chi connectivity index (χ1v) is 25.1. The third kappa shape index (κ3) is 42.4. The molecular formula is C46H90NO8P. The molecule has 0 bridgehead atoms. The van der Waals surface area contributed by atoms with E-state index >= 15 is 0 Å². The summed E-state index contributed by atoms with van der Waals surface area (Å²) in [7, 11) is -2.64. The molecule has 0 aromatic rings. The van der Waals surface area contributed by atoms with Crippen molar-refractivity contribution < 1.29 is 37.6 Å². The molecule has 0 radical (unpaired) electrons. The fourth-order valence-electron chi connectivity index (χ4n) is 6.78. The Morgan fingerprint density at radius 2 is 0.911 bits per heavy atom. The molecule has 56 heavy (non-hydrogen) atoms. The smallest absolute Gasteiger partial charge is 0.462 e. The van der Waals surface area contributed by atoms with Crippen LogP contribution in [0.25, 0.3) is 0 Å². The zero-order valence-electron chi connectivity index (χ0n) is 36.9. The number of rotatable bonds is 45. The Hall–Kier alpha value is -1.25. The van der Waals surface area contributed by atoms with Gasteiger partial charge in [0.05, 0.1) is 13.2 Å². The SMILES string of the molecule is CCCCCC/C=C\CCCCCCCCCC(=O)OC(COC(=O)CCCCCCCCCCCCCCCCCCCCC)COP(=O)(O)OCCNC. The van der Waals surface area contributed by atoms with E-state index in [-0.39, 0.29) is 25.6 Å². The molecule has 332 valence electrons. The lowest BCUT2D eigenvalue weighted by Crippen LogP contribution is -2.29. The summed E-state index contributed by atoms with van der Waals surface area (Å²) in [6, 6.07) is 0. The number of phosphoric ester groups is 1. The molecule has 2 N–H and O–H groups in total. The van der Waals surface area contributed by atoms with Crippen LogP contribution in [0.3, 0.4) is 0 Å². The Balaban J connectivity index is 4.12. The van der Waals surface area contributed by atoms with Gasteiger partial charge < -0.3 is 19.7 Å². The Kier molecular flexibility index (Phi) is 42.4. The Morgan fingerprint density at radius 3 is 1.34 bits per heavy atom. The average molecular weight is 816 g/mol. The molecule has 9 nitrogen and oxygen atoms in total. The fraction of sp³-hybridized carbons (Fsp3) is 0.913. The minimum absolute atomic E-state index is 0.0145. The number of allylic oxidation sites excluding steroid dienone is 2. The van der Waals surface area contributed by atoms with Crippen LogP contribution < -0.4 is 5.32 Å². The summed E-state index contributed by atoms with van der Waals surface area (Å²) in [4.78, 5) is 35.1. The number of hydrogen-bond donors (Lipinski definition) is 2. The molecular weight excluding hydrogens is 725 g/mol. The maximum Gasteiger partial charge on any atom is 0.472 e. The normalized spacial score (nSPS) is 13.3. The summed E-state index contributed by atoms with van der Waals surface area (Å²) in [6.07, 6.45) is 44.0. The minimum Gasteiger partial charge on any atom is -0.462 e. The molecule has 0 saturated heterocycles. The van der Waals surface area contributed by atoms with Gasteiger partial charge in [0.25, 0.3) is 0 Å². The minimum atomic E-state index is -4.35. The Morgan fingerprint density at radius 1 is 0.536 bits per heavy atom. The van der Waals surface area contributed by atoms with Gasteiger partial charge in [0, 0.05) is 19.4 Å². The van der Waals surface area contributed by atoms with Crippen molar-refractivity contribution in [2.45, 2.75) is 238 Å². The van der Waals surface area contributed by atoms with Crippen LogP contribution in [0.1, 0.15) is 232 Å². The van der Waals surface area contributed by atoms with E-state index in [1.807, 2.05) is 0 Å². The summed E-state index contributed by atoms with van der Waals surface area (Å²) < 4.78 is 33.3. The van der Waals surface area contributed by atoms with E-state index in [0.717, 1.165) is 44.9 Å². The molecule has 0 fully saturated rings. The number of hydrogen-bond acceptors (Lipinski definition) is 8. The van der Waals surface area contributed by atoms with E-state index in [1.165, 1.54) is 154 Å². The van der Waals surface area contributed by atoms with E-state index in [0.29, 0.717) is 19.4 Å². The summed E-state index contributed by atoms with van der Waals surface area (Å²) in [5.74, 6) is -0.798. The van der Waals surface area contributed by atoms with Gasteiger partial charge in [-0.2, -0.15) is 0 Å². The van der Waals surface area contributed by atoms with Crippen LogP contribution in [0, 0.1) is 0 Å². The molecule has 0 amide bonds. The molecule has 0 heterocycles. The van der Waals surface area contributed by atoms with Gasteiger partial charge in [-0.15, -0.1) is 0 Å². The highest BCUT2D eigenvalue weighted by atomic mass is 31.2. The van der Waals surface area contributed by atoms with Crippen LogP contribution in [0.4, 0.5) is 0 Å². The standard InChI is InChI=1S/C46H90NO8P/c1-4-6-8-10-12-14-16-18-20-21-22-23-25-26-28-30-32-34-36-38-45(48)52-42-44(43-54-56(50,51)53-41-40-47-3)55-46(49)39-37-35-33-31-29-27-24-19-17-15-13-11-9-7-5-2/h15,17,44,47H,4-14,16,18-43H2,1-3H3,(H,50,51)/b17-15-. The van der Waals surface area contributed by atoms with Crippen LogP contribution in [0.15, 0.2) is 12.2 Å². The number of nitrogens with one attached hydrogen (secondary N) is 1. The fourth-order valence-corrected chi connectivity index (χ4v) is 7.54. The molecule has 0 aromatic carbocycles. The topological polar surface area (TPSA) is 120 Å². The molecule has 10 heteroatoms. The zero-order chi connectivity index (χ0) is 41.1. The van der Waals surface area contributed by atoms with E-state index in [1.54, 1.807) is 7.05 Å². The second-order valence-corrected chi connectivity index (χ2v) is 17.4. The number of carbonyl (C=O) groups excluding carboxylic acids is 2. The van der Waals surface area contributed by atoms with Crippen LogP contribution in [0.5, 0.6) is 0 Å². The van der Waals surface area contributed by atoms with Crippen molar-refractivity contribution in [2.24, 2.45) is 0 Å². The van der Waals surface area contributed by atoms with Gasteiger partial charge in [-0.25, -0.2) is 4.57 Å². The number of likely N-dealkylation sites (N-methyl/N-ethyl adjacent to an activating group) is 1. The lowest BCUT2D eigenvalue weighted by Gasteiger charge is -2.20. The van der Waals surface area contributed by atoms with Gasteiger partial charge in [-0.1, -0.05) is 193 Å². The van der Waals surface area contributed by atoms with Gasteiger partial charge in [-0.05, 0) is 45.6 Å². The highest BCUT2D eigenvalue weighted by Gasteiger charge is 2.26. The Labute approximate surface area is 345 Å². The van der Waals surface area contributed by atoms with Gasteiger partial charge in [-0.3, -0.25) is 18.6 Å². The van der Waals surface area contributed by atoms with Crippen molar-refractivity contribution in [2.75, 3.05) is 33.4 Å². The van der Waals surface area contributed by atoms with Crippen LogP contribution in [-0.4, -0.2) is 56.3 Å². The molecule has 0 aliphatic heterocycles. The Bertz CT molecular complexity index is 933. The quantitative estimate of drug-likeness (QED) is 0.0268. The largest absolute Gasteiger partial charge is 0.472 e. The first-order chi connectivity index (χ1) is 27.3. The predicted octanol–water partition coefficient (Wildman–Crippen LogP) is 13.7. The second-order valence-electron chi connectivity index (χ2n) is 15.9. The molecule has 2 atom stereocenters. The van der Waals surface area contributed by atoms with Crippen LogP contribution in [-0.2, 0) is 32.7 Å². The van der Waals surface area contributed by atoms with Crippen molar-refractivity contribution in [3.05, 3.63) is 12.2 Å². The third-order valence-electron chi connectivity index (χ3n) is 10.4. The maximum atomic E-state index is 12.6. The van der Waals surface area contributed by atoms with Gasteiger partial charge in [0.2, 0.25) is 0 Å². The number of ether oxygens (including phenoxy) is 2. The maximum absolute atomic E-state index is 12.6. The third-order valence-corrected chi connectivity index (χ3v) is 11.4. The van der Waals surface area contributed by atoms with Crippen molar-refractivity contribution in [1.29, 1.82) is 0 Å². The molecule has 0 rings (SSSR count). The summed E-state index contributed by atoms with van der Waals surface area (Å²) >= 11 is 0. The van der Waals surface area contributed by atoms with E-state index in [2.05, 4.69) is 31.3 Å². The lowest BCUT2D eigenvalue weighted by atomic mass is 10.0. The van der Waals surface area contributed by atoms with E-state index in [9.17, 15) is 19.0 Å². The monoisotopic (exact) mass is 816 g/mol. The zero-order valence-corrected chi connectivity index (χ0v) is 37.7. The molecule has 0 saturated carbocycles. The number of unbranched alkanes of at least 4 members (excludes halogenated alkanes) is 29. The first kappa shape index (κ1) is 54.8. The second kappa shape index (κ2) is 43.3. The van der Waals surface area contributed by atoms with Crippen molar-refractivity contribution in [3.63, 3.8) is 0 Å². The molecule has 0 aromatic heterocycles. The molecule has 2 unspecified atom stereocenters. The lowest BCUT2D eigenvalue weighted by molar-refractivity contribution is -0.161. The summed E-state index contributed by atoms with van der Waals surface area (Å²) in [5.41, 5.74) is 0. The summed E-state index contributed by atoms with van der Waals surface area (Å²) in [6.45, 7) is 4.25. The molecule has 0 spiro atoms. The first-order valence-electron chi connectivity index (χ1n) is 23.6. The van der Waals surface area contributed by atoms with Crippen molar-refractivity contribution >= 4 is 19.8 Å². The van der Waals surface area contributed by atoms with E-state index < -0.39 is 26.5 Å². The highest BCUT2D eigenvalue weighted by Crippen LogP contribution is 2.43. The van der Waals surface area contributed by atoms with Crippen LogP contribution >= 0.6 is 7.82 Å². The molecule has 0 aliphatic carbocycles. The van der Waals surface area contributed by atoms with Crippen LogP contribution in [0.2, 0.25) is 0 Å². The van der Waals surface area contributed by atoms with Crippen molar-refractivity contribution in [1.82, 2.24) is 5.32 Å². The van der Waals surface area contributed by atoms with Gasteiger partial charge in [0.1, 0.15) is 6.61 Å². The highest BCUT2D eigenvalue weighted by molar-refractivity contribution is 7.47. The number of carbonyl (C=O) groups is 2. The molecule has 0 aliphatic rings. The number of esters is 2.